The van der Waals surface area contributed by atoms with Crippen LogP contribution in [0.3, 0.4) is 0 Å². The lowest BCUT2D eigenvalue weighted by Gasteiger charge is -2.43. The van der Waals surface area contributed by atoms with Crippen LogP contribution in [-0.2, 0) is 0 Å². The molecule has 1 aliphatic heterocycles. The van der Waals surface area contributed by atoms with Gasteiger partial charge in [0.1, 0.15) is 5.82 Å². The van der Waals surface area contributed by atoms with Crippen molar-refractivity contribution >= 4 is 0 Å². The molecule has 112 valence electrons. The van der Waals surface area contributed by atoms with Crippen molar-refractivity contribution in [1.82, 2.24) is 9.80 Å². The molecule has 1 heterocycles. The molecule has 1 aromatic rings. The lowest BCUT2D eigenvalue weighted by Crippen LogP contribution is -2.53. The fourth-order valence-corrected chi connectivity index (χ4v) is 3.15. The highest BCUT2D eigenvalue weighted by Crippen LogP contribution is 2.24. The SMILES string of the molecule is CCN1CCN(C(CN)c2ccc(F)c(C)c2)CC1C. The maximum atomic E-state index is 13.4. The Bertz CT molecular complexity index is 449. The van der Waals surface area contributed by atoms with Crippen molar-refractivity contribution in [3.05, 3.63) is 35.1 Å². The van der Waals surface area contributed by atoms with Crippen LogP contribution in [0.2, 0.25) is 0 Å². The largest absolute Gasteiger partial charge is 0.329 e. The summed E-state index contributed by atoms with van der Waals surface area (Å²) in [5, 5.41) is 0. The topological polar surface area (TPSA) is 32.5 Å². The fourth-order valence-electron chi connectivity index (χ4n) is 3.15. The molecule has 0 aliphatic carbocycles. The number of hydrogen-bond acceptors (Lipinski definition) is 3. The van der Waals surface area contributed by atoms with Crippen LogP contribution in [0.1, 0.15) is 31.0 Å². The summed E-state index contributed by atoms with van der Waals surface area (Å²) in [5.41, 5.74) is 7.81. The molecule has 0 bridgehead atoms. The second-order valence-electron chi connectivity index (χ2n) is 5.73. The molecule has 1 aromatic carbocycles. The third-order valence-electron chi connectivity index (χ3n) is 4.43. The first-order chi connectivity index (χ1) is 9.56. The summed E-state index contributed by atoms with van der Waals surface area (Å²) in [5.74, 6) is -0.145. The average molecular weight is 279 g/mol. The van der Waals surface area contributed by atoms with Gasteiger partial charge in [-0.2, -0.15) is 0 Å². The number of hydrogen-bond donors (Lipinski definition) is 1. The molecule has 1 fully saturated rings. The lowest BCUT2D eigenvalue weighted by molar-refractivity contribution is 0.0606. The van der Waals surface area contributed by atoms with E-state index >= 15 is 0 Å². The molecule has 1 saturated heterocycles. The van der Waals surface area contributed by atoms with Gasteiger partial charge in [0.2, 0.25) is 0 Å². The molecular weight excluding hydrogens is 253 g/mol. The second kappa shape index (κ2) is 6.66. The average Bonchev–Trinajstić information content (AvgIpc) is 2.44. The van der Waals surface area contributed by atoms with Crippen LogP contribution in [0.4, 0.5) is 4.39 Å². The van der Waals surface area contributed by atoms with Crippen molar-refractivity contribution in [3.8, 4) is 0 Å². The van der Waals surface area contributed by atoms with E-state index < -0.39 is 0 Å². The van der Waals surface area contributed by atoms with E-state index in [4.69, 9.17) is 5.73 Å². The van der Waals surface area contributed by atoms with Gasteiger partial charge in [0.05, 0.1) is 0 Å². The van der Waals surface area contributed by atoms with E-state index in [1.807, 2.05) is 19.1 Å². The maximum Gasteiger partial charge on any atom is 0.126 e. The molecule has 0 amide bonds. The predicted molar refractivity (Wildman–Crippen MR) is 81.2 cm³/mol. The standard InChI is InChI=1S/C16H26FN3/c1-4-19-7-8-20(11-13(19)3)16(10-18)14-5-6-15(17)12(2)9-14/h5-6,9,13,16H,4,7-8,10-11,18H2,1-3H3. The van der Waals surface area contributed by atoms with Gasteiger partial charge < -0.3 is 5.73 Å². The first kappa shape index (κ1) is 15.4. The predicted octanol–water partition coefficient (Wildman–Crippen LogP) is 2.16. The van der Waals surface area contributed by atoms with Gasteiger partial charge in [-0.15, -0.1) is 0 Å². The lowest BCUT2D eigenvalue weighted by atomic mass is 10.0. The van der Waals surface area contributed by atoms with Crippen LogP contribution in [0.15, 0.2) is 18.2 Å². The highest BCUT2D eigenvalue weighted by atomic mass is 19.1. The minimum absolute atomic E-state index is 0.145. The van der Waals surface area contributed by atoms with Crippen molar-refractivity contribution in [3.63, 3.8) is 0 Å². The van der Waals surface area contributed by atoms with E-state index in [2.05, 4.69) is 23.6 Å². The summed E-state index contributed by atoms with van der Waals surface area (Å²) < 4.78 is 13.4. The molecule has 2 atom stereocenters. The van der Waals surface area contributed by atoms with E-state index in [0.717, 1.165) is 31.7 Å². The molecule has 0 spiro atoms. The van der Waals surface area contributed by atoms with Gasteiger partial charge in [0.25, 0.3) is 0 Å². The minimum atomic E-state index is -0.145. The van der Waals surface area contributed by atoms with Crippen molar-refractivity contribution in [2.45, 2.75) is 32.9 Å². The normalized spacial score (nSPS) is 22.9. The van der Waals surface area contributed by atoms with Crippen molar-refractivity contribution in [1.29, 1.82) is 0 Å². The van der Waals surface area contributed by atoms with Crippen LogP contribution >= 0.6 is 0 Å². The third-order valence-corrected chi connectivity index (χ3v) is 4.43. The molecule has 4 heteroatoms. The number of likely N-dealkylation sites (N-methyl/N-ethyl adjacent to an activating group) is 1. The molecule has 3 nitrogen and oxygen atoms in total. The van der Waals surface area contributed by atoms with Crippen LogP contribution in [0, 0.1) is 12.7 Å². The van der Waals surface area contributed by atoms with Crippen LogP contribution < -0.4 is 5.73 Å². The Morgan fingerprint density at radius 1 is 1.40 bits per heavy atom. The summed E-state index contributed by atoms with van der Waals surface area (Å²) in [7, 11) is 0. The van der Waals surface area contributed by atoms with Gasteiger partial charge in [-0.1, -0.05) is 19.1 Å². The van der Waals surface area contributed by atoms with Crippen LogP contribution in [0.5, 0.6) is 0 Å². The first-order valence-electron chi connectivity index (χ1n) is 7.51. The summed E-state index contributed by atoms with van der Waals surface area (Å²) in [4.78, 5) is 4.92. The zero-order valence-electron chi connectivity index (χ0n) is 12.8. The van der Waals surface area contributed by atoms with E-state index in [1.165, 1.54) is 0 Å². The number of aryl methyl sites for hydroxylation is 1. The number of nitrogens with zero attached hydrogens (tertiary/aromatic N) is 2. The number of nitrogens with two attached hydrogens (primary N) is 1. The van der Waals surface area contributed by atoms with Crippen molar-refractivity contribution in [2.75, 3.05) is 32.7 Å². The Morgan fingerprint density at radius 2 is 2.15 bits per heavy atom. The van der Waals surface area contributed by atoms with Gasteiger partial charge in [-0.3, -0.25) is 9.80 Å². The number of piperazine rings is 1. The summed E-state index contributed by atoms with van der Waals surface area (Å²) in [6, 6.07) is 6.10. The first-order valence-corrected chi connectivity index (χ1v) is 7.51. The van der Waals surface area contributed by atoms with Crippen molar-refractivity contribution in [2.24, 2.45) is 5.73 Å². The highest BCUT2D eigenvalue weighted by Gasteiger charge is 2.27. The zero-order valence-corrected chi connectivity index (χ0v) is 12.8. The molecule has 0 aromatic heterocycles. The van der Waals surface area contributed by atoms with Crippen molar-refractivity contribution < 1.29 is 4.39 Å². The monoisotopic (exact) mass is 279 g/mol. The molecule has 2 N–H and O–H groups in total. The van der Waals surface area contributed by atoms with Gasteiger partial charge >= 0.3 is 0 Å². The quantitative estimate of drug-likeness (QED) is 0.917. The number of rotatable bonds is 4. The maximum absolute atomic E-state index is 13.4. The molecule has 0 radical (unpaired) electrons. The minimum Gasteiger partial charge on any atom is -0.329 e. The van der Waals surface area contributed by atoms with E-state index in [1.54, 1.807) is 6.07 Å². The van der Waals surface area contributed by atoms with Gasteiger partial charge in [0.15, 0.2) is 0 Å². The molecule has 1 aliphatic rings. The van der Waals surface area contributed by atoms with Gasteiger partial charge in [-0.05, 0) is 37.6 Å². The molecule has 2 unspecified atom stereocenters. The molecule has 0 saturated carbocycles. The molecule has 20 heavy (non-hydrogen) atoms. The summed E-state index contributed by atoms with van der Waals surface area (Å²) in [6.07, 6.45) is 0. The molecular formula is C16H26FN3. The Kier molecular flexibility index (Phi) is 5.13. The second-order valence-corrected chi connectivity index (χ2v) is 5.73. The molecule has 2 rings (SSSR count). The fraction of sp³-hybridized carbons (Fsp3) is 0.625. The van der Waals surface area contributed by atoms with E-state index in [0.29, 0.717) is 18.2 Å². The third kappa shape index (κ3) is 3.19. The Morgan fingerprint density at radius 3 is 2.70 bits per heavy atom. The number of halogens is 1. The number of benzene rings is 1. The Labute approximate surface area is 121 Å². The van der Waals surface area contributed by atoms with E-state index in [9.17, 15) is 4.39 Å². The van der Waals surface area contributed by atoms with Crippen LogP contribution in [0.25, 0.3) is 0 Å². The Hall–Kier alpha value is -0.970. The summed E-state index contributed by atoms with van der Waals surface area (Å²) >= 11 is 0. The van der Waals surface area contributed by atoms with Crippen LogP contribution in [-0.4, -0.2) is 48.6 Å². The van der Waals surface area contributed by atoms with Gasteiger partial charge in [0, 0.05) is 38.3 Å². The van der Waals surface area contributed by atoms with Gasteiger partial charge in [-0.25, -0.2) is 4.39 Å². The zero-order chi connectivity index (χ0) is 14.7. The summed E-state index contributed by atoms with van der Waals surface area (Å²) in [6.45, 7) is 11.1. The highest BCUT2D eigenvalue weighted by molar-refractivity contribution is 5.27. The van der Waals surface area contributed by atoms with E-state index in [-0.39, 0.29) is 11.9 Å². The Balaban J connectivity index is 2.14. The smallest absolute Gasteiger partial charge is 0.126 e.